The number of nitrogens with zero attached hydrogens (tertiary/aromatic N) is 2. The molecule has 0 fully saturated rings. The van der Waals surface area contributed by atoms with Gasteiger partial charge < -0.3 is 15.3 Å². The van der Waals surface area contributed by atoms with Crippen molar-refractivity contribution in [3.63, 3.8) is 0 Å². The number of unbranched alkanes of at least 4 members (excludes halogenated alkanes) is 1. The topological polar surface area (TPSA) is 82.5 Å². The van der Waals surface area contributed by atoms with Crippen molar-refractivity contribution in [2.24, 2.45) is 0 Å². The molecule has 0 spiro atoms. The molecule has 0 radical (unpaired) electrons. The number of hydrogen-bond donors (Lipinski definition) is 2. The van der Waals surface area contributed by atoms with E-state index in [9.17, 15) is 9.59 Å². The van der Waals surface area contributed by atoms with Crippen molar-refractivity contribution in [2.45, 2.75) is 38.8 Å². The van der Waals surface area contributed by atoms with Crippen molar-refractivity contribution in [3.05, 3.63) is 16.6 Å². The van der Waals surface area contributed by atoms with Gasteiger partial charge in [-0.3, -0.25) is 0 Å². The molecule has 1 atom stereocenters. The van der Waals surface area contributed by atoms with Gasteiger partial charge in [-0.25, -0.2) is 14.6 Å². The van der Waals surface area contributed by atoms with Crippen LogP contribution in [0.1, 0.15) is 31.9 Å². The van der Waals surface area contributed by atoms with Gasteiger partial charge in [0.1, 0.15) is 6.04 Å². The minimum Gasteiger partial charge on any atom is -0.480 e. The molecule has 1 aromatic rings. The first-order chi connectivity index (χ1) is 9.04. The van der Waals surface area contributed by atoms with E-state index in [-0.39, 0.29) is 0 Å². The van der Waals surface area contributed by atoms with E-state index in [0.717, 1.165) is 18.5 Å². The van der Waals surface area contributed by atoms with E-state index in [0.29, 0.717) is 13.0 Å². The van der Waals surface area contributed by atoms with E-state index in [1.165, 1.54) is 16.2 Å². The monoisotopic (exact) mass is 285 g/mol. The number of carbonyl (C=O) groups excluding carboxylic acids is 1. The predicted molar refractivity (Wildman–Crippen MR) is 73.1 cm³/mol. The van der Waals surface area contributed by atoms with Gasteiger partial charge in [0.05, 0.1) is 17.7 Å². The van der Waals surface area contributed by atoms with Crippen LogP contribution < -0.4 is 5.32 Å². The maximum atomic E-state index is 11.9. The molecule has 7 heteroatoms. The third kappa shape index (κ3) is 5.25. The number of aromatic nitrogens is 1. The normalized spacial score (nSPS) is 11.9. The highest BCUT2D eigenvalue weighted by atomic mass is 32.1. The molecule has 0 aliphatic heterocycles. The molecular formula is C12H19N3O3S. The number of rotatable bonds is 7. The van der Waals surface area contributed by atoms with Gasteiger partial charge in [0.2, 0.25) is 0 Å². The summed E-state index contributed by atoms with van der Waals surface area (Å²) in [4.78, 5) is 28.4. The first-order valence-corrected chi connectivity index (χ1v) is 7.10. The quantitative estimate of drug-likeness (QED) is 0.802. The molecule has 0 aliphatic carbocycles. The summed E-state index contributed by atoms with van der Waals surface area (Å²) < 4.78 is 0. The lowest BCUT2D eigenvalue weighted by atomic mass is 10.1. The zero-order chi connectivity index (χ0) is 14.3. The van der Waals surface area contributed by atoms with Gasteiger partial charge in [-0.05, 0) is 6.42 Å². The smallest absolute Gasteiger partial charge is 0.326 e. The average Bonchev–Trinajstić information content (AvgIpc) is 2.86. The fraction of sp³-hybridized carbons (Fsp3) is 0.583. The lowest BCUT2D eigenvalue weighted by Gasteiger charge is -2.20. The first-order valence-electron chi connectivity index (χ1n) is 6.16. The highest BCUT2D eigenvalue weighted by molar-refractivity contribution is 7.07. The molecule has 1 aromatic heterocycles. The number of thiazole rings is 1. The molecule has 1 unspecified atom stereocenters. The number of carboxylic acid groups (broad SMARTS) is 1. The zero-order valence-electron chi connectivity index (χ0n) is 11.1. The minimum absolute atomic E-state index is 0.370. The van der Waals surface area contributed by atoms with Crippen molar-refractivity contribution in [3.8, 4) is 0 Å². The Hall–Kier alpha value is -1.63. The molecule has 0 saturated heterocycles. The van der Waals surface area contributed by atoms with Crippen LogP contribution in [0.15, 0.2) is 10.9 Å². The summed E-state index contributed by atoms with van der Waals surface area (Å²) in [5.41, 5.74) is 2.49. The van der Waals surface area contributed by atoms with E-state index in [2.05, 4.69) is 10.3 Å². The van der Waals surface area contributed by atoms with Gasteiger partial charge in [0.15, 0.2) is 0 Å². The first kappa shape index (κ1) is 15.4. The van der Waals surface area contributed by atoms with Gasteiger partial charge in [-0.15, -0.1) is 11.3 Å². The van der Waals surface area contributed by atoms with E-state index < -0.39 is 18.0 Å². The number of amides is 2. The van der Waals surface area contributed by atoms with Crippen molar-refractivity contribution in [2.75, 3.05) is 7.05 Å². The van der Waals surface area contributed by atoms with Gasteiger partial charge in [-0.1, -0.05) is 19.8 Å². The molecule has 0 bridgehead atoms. The Morgan fingerprint density at radius 1 is 1.58 bits per heavy atom. The summed E-state index contributed by atoms with van der Waals surface area (Å²) in [6.45, 7) is 2.35. The Bertz CT molecular complexity index is 408. The largest absolute Gasteiger partial charge is 0.480 e. The summed E-state index contributed by atoms with van der Waals surface area (Å²) in [7, 11) is 1.62. The summed E-state index contributed by atoms with van der Waals surface area (Å²) in [6.07, 6.45) is 2.11. The summed E-state index contributed by atoms with van der Waals surface area (Å²) in [5.74, 6) is -0.996. The maximum Gasteiger partial charge on any atom is 0.326 e. The molecule has 0 aliphatic rings. The Balaban J connectivity index is 2.48. The number of carbonyl (C=O) groups is 2. The Morgan fingerprint density at radius 2 is 2.32 bits per heavy atom. The highest BCUT2D eigenvalue weighted by Crippen LogP contribution is 2.06. The van der Waals surface area contributed by atoms with Crippen LogP contribution >= 0.6 is 11.3 Å². The Kier molecular flexibility index (Phi) is 6.27. The van der Waals surface area contributed by atoms with Gasteiger partial charge in [0, 0.05) is 12.4 Å². The Labute approximate surface area is 116 Å². The van der Waals surface area contributed by atoms with Crippen LogP contribution in [0, 0.1) is 0 Å². The van der Waals surface area contributed by atoms with E-state index in [1.807, 2.05) is 12.3 Å². The molecule has 2 N–H and O–H groups in total. The summed E-state index contributed by atoms with van der Waals surface area (Å²) >= 11 is 1.46. The third-order valence-electron chi connectivity index (χ3n) is 2.67. The SMILES string of the molecule is CCCCC(NC(=O)N(C)Cc1cscn1)C(=O)O. The van der Waals surface area contributed by atoms with Gasteiger partial charge >= 0.3 is 12.0 Å². The van der Waals surface area contributed by atoms with Crippen LogP contribution in [0.3, 0.4) is 0 Å². The van der Waals surface area contributed by atoms with Crippen LogP contribution in [-0.2, 0) is 11.3 Å². The molecule has 0 aromatic carbocycles. The number of hydrogen-bond acceptors (Lipinski definition) is 4. The zero-order valence-corrected chi connectivity index (χ0v) is 11.9. The standard InChI is InChI=1S/C12H19N3O3S/c1-3-4-5-10(11(16)17)14-12(18)15(2)6-9-7-19-8-13-9/h7-8,10H,3-6H2,1-2H3,(H,14,18)(H,16,17). The highest BCUT2D eigenvalue weighted by Gasteiger charge is 2.21. The van der Waals surface area contributed by atoms with E-state index >= 15 is 0 Å². The van der Waals surface area contributed by atoms with Crippen molar-refractivity contribution in [1.82, 2.24) is 15.2 Å². The van der Waals surface area contributed by atoms with Crippen LogP contribution in [0.25, 0.3) is 0 Å². The second kappa shape index (κ2) is 7.73. The second-order valence-electron chi connectivity index (χ2n) is 4.32. The van der Waals surface area contributed by atoms with Crippen LogP contribution in [0.4, 0.5) is 4.79 Å². The molecule has 2 amide bonds. The van der Waals surface area contributed by atoms with Crippen LogP contribution in [-0.4, -0.2) is 40.1 Å². The number of urea groups is 1. The van der Waals surface area contributed by atoms with Gasteiger partial charge in [0.25, 0.3) is 0 Å². The molecule has 106 valence electrons. The van der Waals surface area contributed by atoms with E-state index in [1.54, 1.807) is 12.6 Å². The second-order valence-corrected chi connectivity index (χ2v) is 5.04. The number of aliphatic carboxylic acids is 1. The van der Waals surface area contributed by atoms with Crippen LogP contribution in [0.2, 0.25) is 0 Å². The minimum atomic E-state index is -0.996. The van der Waals surface area contributed by atoms with Gasteiger partial charge in [-0.2, -0.15) is 0 Å². The molecular weight excluding hydrogens is 266 g/mol. The third-order valence-corrected chi connectivity index (χ3v) is 3.31. The fourth-order valence-corrected chi connectivity index (χ4v) is 2.10. The Morgan fingerprint density at radius 3 is 2.84 bits per heavy atom. The molecule has 1 rings (SSSR count). The molecule has 1 heterocycles. The number of carboxylic acids is 1. The lowest BCUT2D eigenvalue weighted by molar-refractivity contribution is -0.139. The molecule has 0 saturated carbocycles. The van der Waals surface area contributed by atoms with Crippen molar-refractivity contribution in [1.29, 1.82) is 0 Å². The van der Waals surface area contributed by atoms with E-state index in [4.69, 9.17) is 5.11 Å². The maximum absolute atomic E-state index is 11.9. The lowest BCUT2D eigenvalue weighted by Crippen LogP contribution is -2.46. The summed E-state index contributed by atoms with van der Waals surface area (Å²) in [5, 5.41) is 13.4. The predicted octanol–water partition coefficient (Wildman–Crippen LogP) is 1.93. The fourth-order valence-electron chi connectivity index (χ4n) is 1.56. The average molecular weight is 285 g/mol. The molecule has 19 heavy (non-hydrogen) atoms. The summed E-state index contributed by atoms with van der Waals surface area (Å²) in [6, 6.07) is -1.22. The number of nitrogens with one attached hydrogen (secondary N) is 1. The molecule has 6 nitrogen and oxygen atoms in total. The van der Waals surface area contributed by atoms with Crippen molar-refractivity contribution < 1.29 is 14.7 Å². The van der Waals surface area contributed by atoms with Crippen LogP contribution in [0.5, 0.6) is 0 Å². The van der Waals surface area contributed by atoms with Crippen molar-refractivity contribution >= 4 is 23.3 Å².